The fourth-order valence-corrected chi connectivity index (χ4v) is 16.7. The van der Waals surface area contributed by atoms with Crippen molar-refractivity contribution in [1.29, 1.82) is 0 Å². The number of para-hydroxylation sites is 3. The second-order valence-electron chi connectivity index (χ2n) is 25.9. The van der Waals surface area contributed by atoms with Gasteiger partial charge in [0.15, 0.2) is 0 Å². The SMILES string of the molecule is c1ccc(-c2cc(-c3ccccc3)cc(N3c4ccc(-c5ccccc5)cc4B4c5cc6c(cc5N(c5cc(-c7ccccc7)cc(-c7ccccc7)c5)c5cc(-n7c8ccccc8c8ccccc87)cc3c54)Oc3ccccc3C63c4ccccc4-c4ccccc43)c2)cc1. The Morgan fingerprint density at radius 3 is 1.16 bits per heavy atom. The van der Waals surface area contributed by atoms with Gasteiger partial charge in [-0.2, -0.15) is 0 Å². The normalized spacial score (nSPS) is 13.3. The van der Waals surface area contributed by atoms with E-state index in [1.165, 1.54) is 49.4 Å². The van der Waals surface area contributed by atoms with Crippen LogP contribution >= 0.6 is 0 Å². The fourth-order valence-electron chi connectivity index (χ4n) is 16.7. The number of fused-ring (bicyclic) bond motifs is 16. The van der Waals surface area contributed by atoms with Crippen LogP contribution in [0.5, 0.6) is 11.5 Å². The van der Waals surface area contributed by atoms with Gasteiger partial charge in [0.05, 0.1) is 22.1 Å². The second kappa shape index (κ2) is 21.3. The lowest BCUT2D eigenvalue weighted by molar-refractivity contribution is 0.437. The van der Waals surface area contributed by atoms with Gasteiger partial charge in [-0.15, -0.1) is 0 Å². The molecule has 0 saturated heterocycles. The molecule has 0 atom stereocenters. The molecular formula is C91H58BN3O. The summed E-state index contributed by atoms with van der Waals surface area (Å²) >= 11 is 0. The fraction of sp³-hybridized carbons (Fsp3) is 0.0110. The molecule has 446 valence electrons. The molecule has 5 heteroatoms. The molecule has 4 aliphatic rings. The average molecular weight is 1220 g/mol. The van der Waals surface area contributed by atoms with E-state index in [4.69, 9.17) is 4.74 Å². The van der Waals surface area contributed by atoms with Crippen LogP contribution in [0.15, 0.2) is 352 Å². The predicted molar refractivity (Wildman–Crippen MR) is 399 cm³/mol. The molecule has 0 fully saturated rings. The van der Waals surface area contributed by atoms with Gasteiger partial charge >= 0.3 is 0 Å². The molecule has 1 spiro atoms. The molecular weight excluding hydrogens is 1160 g/mol. The lowest BCUT2D eigenvalue weighted by Gasteiger charge is -2.46. The molecule has 4 nitrogen and oxygen atoms in total. The minimum atomic E-state index is -0.727. The van der Waals surface area contributed by atoms with Crippen LogP contribution in [0.4, 0.5) is 34.1 Å². The maximum Gasteiger partial charge on any atom is 0.252 e. The summed E-state index contributed by atoms with van der Waals surface area (Å²) in [7, 11) is 0. The summed E-state index contributed by atoms with van der Waals surface area (Å²) < 4.78 is 10.1. The van der Waals surface area contributed by atoms with Gasteiger partial charge in [0.2, 0.25) is 0 Å². The van der Waals surface area contributed by atoms with Crippen LogP contribution in [0.1, 0.15) is 22.3 Å². The first-order valence-corrected chi connectivity index (χ1v) is 33.2. The highest BCUT2D eigenvalue weighted by Gasteiger charge is 2.53. The number of anilines is 6. The first kappa shape index (κ1) is 54.2. The van der Waals surface area contributed by atoms with E-state index in [0.29, 0.717) is 0 Å². The molecule has 0 radical (unpaired) electrons. The third-order valence-corrected chi connectivity index (χ3v) is 20.7. The standard InChI is InChI=1S/C91H58BN3O/c1-6-26-59(27-7-1)64-46-47-84-80(54-64)92-81-57-79-89(96-88-45-25-22-42-78(88)91(79)76-40-20-16-36-72(76)73-37-17-21-41-77(73)91)58-85(81)95(70-52-67(62-32-12-4-13-33-62)49-68(53-70)63-34-14-5-15-35-63)87-56-71(93-82-43-23-18-38-74(82)75-39-19-24-44-83(75)93)55-86(90(87)92)94(84)69-50-65(60-28-8-2-9-29-60)48-66(51-69)61-30-10-3-11-31-61/h1-58H. The highest BCUT2D eigenvalue weighted by Crippen LogP contribution is 2.63. The molecule has 16 aromatic rings. The molecule has 1 aromatic heterocycles. The number of hydrogen-bond acceptors (Lipinski definition) is 3. The Hall–Kier alpha value is -12.4. The summed E-state index contributed by atoms with van der Waals surface area (Å²) in [5.41, 5.74) is 31.3. The van der Waals surface area contributed by atoms with E-state index in [-0.39, 0.29) is 6.71 Å². The molecule has 0 amide bonds. The Morgan fingerprint density at radius 1 is 0.250 bits per heavy atom. The van der Waals surface area contributed by atoms with Crippen molar-refractivity contribution in [1.82, 2.24) is 4.57 Å². The van der Waals surface area contributed by atoms with E-state index in [1.54, 1.807) is 0 Å². The van der Waals surface area contributed by atoms with Gasteiger partial charge < -0.3 is 19.1 Å². The number of hydrogen-bond donors (Lipinski definition) is 0. The molecule has 0 N–H and O–H groups in total. The lowest BCUT2D eigenvalue weighted by Crippen LogP contribution is -2.61. The van der Waals surface area contributed by atoms with Gasteiger partial charge in [0, 0.05) is 62.1 Å². The quantitative estimate of drug-likeness (QED) is 0.141. The summed E-state index contributed by atoms with van der Waals surface area (Å²) in [5.74, 6) is 1.68. The number of aromatic nitrogens is 1. The van der Waals surface area contributed by atoms with Crippen molar-refractivity contribution in [2.75, 3.05) is 9.80 Å². The first-order valence-electron chi connectivity index (χ1n) is 33.2. The Morgan fingerprint density at radius 2 is 0.656 bits per heavy atom. The van der Waals surface area contributed by atoms with Gasteiger partial charge in [0.25, 0.3) is 6.71 Å². The molecule has 0 bridgehead atoms. The van der Waals surface area contributed by atoms with Crippen LogP contribution in [0.3, 0.4) is 0 Å². The molecule has 96 heavy (non-hydrogen) atoms. The van der Waals surface area contributed by atoms with Gasteiger partial charge in [-0.3, -0.25) is 0 Å². The second-order valence-corrected chi connectivity index (χ2v) is 25.9. The Kier molecular flexibility index (Phi) is 12.0. The van der Waals surface area contributed by atoms with Crippen molar-refractivity contribution in [2.24, 2.45) is 0 Å². The summed E-state index contributed by atoms with van der Waals surface area (Å²) in [6.45, 7) is -0.299. The van der Waals surface area contributed by atoms with Gasteiger partial charge in [-0.25, -0.2) is 0 Å². The van der Waals surface area contributed by atoms with Crippen LogP contribution in [0.25, 0.3) is 94.3 Å². The van der Waals surface area contributed by atoms with Crippen molar-refractivity contribution < 1.29 is 4.74 Å². The van der Waals surface area contributed by atoms with Gasteiger partial charge in [0.1, 0.15) is 11.5 Å². The number of ether oxygens (including phenoxy) is 1. The molecule has 0 saturated carbocycles. The topological polar surface area (TPSA) is 20.6 Å². The molecule has 20 rings (SSSR count). The maximum absolute atomic E-state index is 7.58. The van der Waals surface area contributed by atoms with Crippen molar-refractivity contribution in [2.45, 2.75) is 5.41 Å². The highest BCUT2D eigenvalue weighted by molar-refractivity contribution is 7.00. The lowest BCUT2D eigenvalue weighted by atomic mass is 9.33. The van der Waals surface area contributed by atoms with Crippen LogP contribution in [0.2, 0.25) is 0 Å². The molecule has 0 unspecified atom stereocenters. The zero-order chi connectivity index (χ0) is 63.0. The average Bonchev–Trinajstić information content (AvgIpc) is 1.18. The monoisotopic (exact) mass is 1220 g/mol. The summed E-state index contributed by atoms with van der Waals surface area (Å²) in [6, 6.07) is 131. The van der Waals surface area contributed by atoms with Crippen LogP contribution in [0, 0.1) is 0 Å². The van der Waals surface area contributed by atoms with Crippen molar-refractivity contribution in [3.05, 3.63) is 374 Å². The third-order valence-electron chi connectivity index (χ3n) is 20.7. The zero-order valence-electron chi connectivity index (χ0n) is 52.3. The van der Waals surface area contributed by atoms with E-state index in [9.17, 15) is 0 Å². The van der Waals surface area contributed by atoms with E-state index in [1.807, 2.05) is 0 Å². The van der Waals surface area contributed by atoms with E-state index in [2.05, 4.69) is 366 Å². The zero-order valence-corrected chi connectivity index (χ0v) is 52.3. The summed E-state index contributed by atoms with van der Waals surface area (Å²) in [5, 5.41) is 2.41. The number of nitrogens with zero attached hydrogens (tertiary/aromatic N) is 3. The third kappa shape index (κ3) is 8.11. The molecule has 4 heterocycles. The summed E-state index contributed by atoms with van der Waals surface area (Å²) in [4.78, 5) is 5.21. The number of rotatable bonds is 8. The smallest absolute Gasteiger partial charge is 0.252 e. The van der Waals surface area contributed by atoms with Crippen LogP contribution in [-0.2, 0) is 5.41 Å². The van der Waals surface area contributed by atoms with Crippen LogP contribution < -0.4 is 30.9 Å². The largest absolute Gasteiger partial charge is 0.457 e. The van der Waals surface area contributed by atoms with Gasteiger partial charge in [-0.05, 0) is 167 Å². The van der Waals surface area contributed by atoms with Crippen molar-refractivity contribution in [3.63, 3.8) is 0 Å². The number of benzene rings is 15. The first-order chi connectivity index (χ1) is 47.6. The Labute approximate surface area is 558 Å². The minimum Gasteiger partial charge on any atom is -0.457 e. The Bertz CT molecular complexity index is 5610. The molecule has 1 aliphatic carbocycles. The van der Waals surface area contributed by atoms with E-state index in [0.717, 1.165) is 129 Å². The maximum atomic E-state index is 7.58. The highest BCUT2D eigenvalue weighted by atomic mass is 16.5. The minimum absolute atomic E-state index is 0.299. The summed E-state index contributed by atoms with van der Waals surface area (Å²) in [6.07, 6.45) is 0. The van der Waals surface area contributed by atoms with Crippen LogP contribution in [-0.4, -0.2) is 11.3 Å². The van der Waals surface area contributed by atoms with Crippen molar-refractivity contribution >= 4 is 79.0 Å². The van der Waals surface area contributed by atoms with E-state index < -0.39 is 5.41 Å². The predicted octanol–water partition coefficient (Wildman–Crippen LogP) is 21.7. The molecule has 3 aliphatic heterocycles. The van der Waals surface area contributed by atoms with Crippen molar-refractivity contribution in [3.8, 4) is 83.9 Å². The van der Waals surface area contributed by atoms with Gasteiger partial charge in [-0.1, -0.05) is 273 Å². The van der Waals surface area contributed by atoms with E-state index >= 15 is 0 Å². The Balaban J connectivity index is 0.967. The molecule has 15 aromatic carbocycles.